The Balaban J connectivity index is 4.20. The summed E-state index contributed by atoms with van der Waals surface area (Å²) in [4.78, 5) is 22.0. The van der Waals surface area contributed by atoms with Crippen LogP contribution in [0, 0.1) is 0 Å². The van der Waals surface area contributed by atoms with Crippen molar-refractivity contribution in [3.05, 3.63) is 0 Å². The van der Waals surface area contributed by atoms with E-state index in [9.17, 15) is 9.59 Å². The molecular weight excluding hydrogens is 222 g/mol. The number of nitrogens with zero attached hydrogens (tertiary/aromatic N) is 2. The molecule has 0 fully saturated rings. The molecule has 86 valence electrons. The highest BCUT2D eigenvalue weighted by Gasteiger charge is 2.08. The molecule has 0 rings (SSSR count). The van der Waals surface area contributed by atoms with Gasteiger partial charge in [-0.15, -0.1) is 0 Å². The number of guanidine groups is 1. The van der Waals surface area contributed by atoms with Gasteiger partial charge in [0.25, 0.3) is 0 Å². The fourth-order valence-electron chi connectivity index (χ4n) is 0.733. The molecule has 0 aliphatic carbocycles. The Morgan fingerprint density at radius 2 is 2.00 bits per heavy atom. The Bertz CT molecular complexity index is 269. The summed E-state index contributed by atoms with van der Waals surface area (Å²) in [6, 6.07) is 0. The van der Waals surface area contributed by atoms with E-state index < -0.39 is 11.9 Å². The first-order valence-corrected chi connectivity index (χ1v) is 4.94. The van der Waals surface area contributed by atoms with Crippen molar-refractivity contribution in [3.63, 3.8) is 0 Å². The number of nitrogens with one attached hydrogen (secondary N) is 1. The standard InChI is InChI=1S/C7H13N3O4S/c1-8-7(9-15-4-6(13)14)10(2)3-5(11)12/h3-4H2,1-2H3,(H,8,9)(H,11,12)(H,13,14). The molecule has 0 aromatic rings. The van der Waals surface area contributed by atoms with Crippen LogP contribution >= 0.6 is 11.9 Å². The molecule has 8 heteroatoms. The molecule has 0 atom stereocenters. The monoisotopic (exact) mass is 235 g/mol. The number of carboxylic acids is 2. The third kappa shape index (κ3) is 6.61. The average Bonchev–Trinajstić information content (AvgIpc) is 2.10. The number of hydrogen-bond acceptors (Lipinski definition) is 4. The summed E-state index contributed by atoms with van der Waals surface area (Å²) in [6.45, 7) is -0.201. The van der Waals surface area contributed by atoms with Gasteiger partial charge in [0.15, 0.2) is 0 Å². The van der Waals surface area contributed by atoms with Crippen molar-refractivity contribution >= 4 is 29.8 Å². The third-order valence-corrected chi connectivity index (χ3v) is 1.97. The highest BCUT2D eigenvalue weighted by Crippen LogP contribution is 2.02. The van der Waals surface area contributed by atoms with Crippen molar-refractivity contribution in [3.8, 4) is 0 Å². The Morgan fingerprint density at radius 3 is 2.40 bits per heavy atom. The second-order valence-corrected chi connectivity index (χ2v) is 3.31. The molecule has 7 nitrogen and oxygen atoms in total. The summed E-state index contributed by atoms with van der Waals surface area (Å²) in [6.07, 6.45) is 0. The Morgan fingerprint density at radius 1 is 1.40 bits per heavy atom. The SMILES string of the molecule is CNC(=NSCC(=O)O)N(C)CC(=O)O. The van der Waals surface area contributed by atoms with Gasteiger partial charge in [0, 0.05) is 14.1 Å². The number of carbonyl (C=O) groups is 2. The van der Waals surface area contributed by atoms with Gasteiger partial charge in [-0.05, 0) is 11.9 Å². The van der Waals surface area contributed by atoms with Gasteiger partial charge in [-0.2, -0.15) is 4.40 Å². The van der Waals surface area contributed by atoms with Crippen molar-refractivity contribution in [1.29, 1.82) is 0 Å². The molecule has 0 amide bonds. The first kappa shape index (κ1) is 13.6. The van der Waals surface area contributed by atoms with Crippen LogP contribution in [0.3, 0.4) is 0 Å². The Kier molecular flexibility index (Phi) is 6.27. The van der Waals surface area contributed by atoms with Gasteiger partial charge in [0.2, 0.25) is 5.96 Å². The molecule has 0 spiro atoms. The lowest BCUT2D eigenvalue weighted by Gasteiger charge is -2.17. The molecule has 0 aromatic carbocycles. The first-order valence-electron chi connectivity index (χ1n) is 3.99. The first-order chi connectivity index (χ1) is 6.97. The summed E-state index contributed by atoms with van der Waals surface area (Å²) in [5, 5.41) is 19.6. The summed E-state index contributed by atoms with van der Waals surface area (Å²) in [5.41, 5.74) is 0. The van der Waals surface area contributed by atoms with Crippen LogP contribution in [0.1, 0.15) is 0 Å². The number of aliphatic carboxylic acids is 2. The van der Waals surface area contributed by atoms with E-state index in [4.69, 9.17) is 10.2 Å². The molecule has 3 N–H and O–H groups in total. The molecule has 0 heterocycles. The molecule has 0 aliphatic heterocycles. The van der Waals surface area contributed by atoms with Gasteiger partial charge in [-0.25, -0.2) is 0 Å². The lowest BCUT2D eigenvalue weighted by molar-refractivity contribution is -0.137. The highest BCUT2D eigenvalue weighted by molar-refractivity contribution is 7.98. The van der Waals surface area contributed by atoms with Gasteiger partial charge in [0.05, 0.1) is 0 Å². The largest absolute Gasteiger partial charge is 0.481 e. The smallest absolute Gasteiger partial charge is 0.323 e. The molecule has 0 saturated heterocycles. The van der Waals surface area contributed by atoms with Crippen molar-refractivity contribution in [2.24, 2.45) is 4.40 Å². The van der Waals surface area contributed by atoms with Crippen LogP contribution < -0.4 is 5.32 Å². The van der Waals surface area contributed by atoms with Crippen molar-refractivity contribution in [1.82, 2.24) is 10.2 Å². The fraction of sp³-hybridized carbons (Fsp3) is 0.571. The lowest BCUT2D eigenvalue weighted by atomic mass is 10.6. The minimum atomic E-state index is -0.983. The second kappa shape index (κ2) is 6.93. The summed E-state index contributed by atoms with van der Waals surface area (Å²) < 4.78 is 3.84. The molecule has 0 unspecified atom stereocenters. The Labute approximate surface area is 91.3 Å². The van der Waals surface area contributed by atoms with Crippen LogP contribution in [-0.2, 0) is 9.59 Å². The van der Waals surface area contributed by atoms with E-state index in [1.807, 2.05) is 0 Å². The average molecular weight is 235 g/mol. The number of likely N-dealkylation sites (N-methyl/N-ethyl adjacent to an activating group) is 1. The maximum Gasteiger partial charge on any atom is 0.323 e. The van der Waals surface area contributed by atoms with Gasteiger partial charge in [-0.1, -0.05) is 0 Å². The van der Waals surface area contributed by atoms with E-state index in [1.165, 1.54) is 4.90 Å². The van der Waals surface area contributed by atoms with E-state index in [0.29, 0.717) is 5.96 Å². The molecule has 0 saturated carbocycles. The minimum Gasteiger partial charge on any atom is -0.481 e. The zero-order valence-corrected chi connectivity index (χ0v) is 9.24. The summed E-state index contributed by atoms with van der Waals surface area (Å²) in [5.74, 6) is -1.79. The maximum atomic E-state index is 10.4. The summed E-state index contributed by atoms with van der Waals surface area (Å²) >= 11 is 0.841. The predicted octanol–water partition coefficient (Wildman–Crippen LogP) is -0.689. The van der Waals surface area contributed by atoms with E-state index in [-0.39, 0.29) is 12.3 Å². The van der Waals surface area contributed by atoms with Gasteiger partial charge in [0.1, 0.15) is 12.3 Å². The molecule has 0 bridgehead atoms. The topological polar surface area (TPSA) is 102 Å². The lowest BCUT2D eigenvalue weighted by Crippen LogP contribution is -2.39. The van der Waals surface area contributed by atoms with Crippen LogP contribution in [-0.4, -0.2) is 59.4 Å². The van der Waals surface area contributed by atoms with Gasteiger partial charge >= 0.3 is 11.9 Å². The van der Waals surface area contributed by atoms with Crippen molar-refractivity contribution in [2.75, 3.05) is 26.4 Å². The number of hydrogen-bond donors (Lipinski definition) is 3. The van der Waals surface area contributed by atoms with Crippen molar-refractivity contribution < 1.29 is 19.8 Å². The second-order valence-electron chi connectivity index (χ2n) is 2.58. The normalized spacial score (nSPS) is 10.9. The third-order valence-electron chi connectivity index (χ3n) is 1.30. The van der Waals surface area contributed by atoms with Crippen molar-refractivity contribution in [2.45, 2.75) is 0 Å². The van der Waals surface area contributed by atoms with E-state index in [0.717, 1.165) is 11.9 Å². The zero-order valence-electron chi connectivity index (χ0n) is 8.43. The number of carboxylic acid groups (broad SMARTS) is 2. The molecule has 15 heavy (non-hydrogen) atoms. The van der Waals surface area contributed by atoms with E-state index in [1.54, 1.807) is 14.1 Å². The zero-order chi connectivity index (χ0) is 11.8. The van der Waals surface area contributed by atoms with Crippen LogP contribution in [0.4, 0.5) is 0 Å². The quantitative estimate of drug-likeness (QED) is 0.329. The minimum absolute atomic E-state index is 0.161. The van der Waals surface area contributed by atoms with Gasteiger partial charge in [-0.3, -0.25) is 9.59 Å². The molecule has 0 aromatic heterocycles. The summed E-state index contributed by atoms with van der Waals surface area (Å²) in [7, 11) is 3.13. The maximum absolute atomic E-state index is 10.4. The predicted molar refractivity (Wildman–Crippen MR) is 56.9 cm³/mol. The molecule has 0 aliphatic rings. The van der Waals surface area contributed by atoms with E-state index >= 15 is 0 Å². The van der Waals surface area contributed by atoms with Gasteiger partial charge < -0.3 is 20.4 Å². The van der Waals surface area contributed by atoms with E-state index in [2.05, 4.69) is 9.71 Å². The van der Waals surface area contributed by atoms with Crippen LogP contribution in [0.25, 0.3) is 0 Å². The fourth-order valence-corrected chi connectivity index (χ4v) is 1.26. The number of rotatable bonds is 5. The van der Waals surface area contributed by atoms with Crippen LogP contribution in [0.5, 0.6) is 0 Å². The van der Waals surface area contributed by atoms with Crippen LogP contribution in [0.2, 0.25) is 0 Å². The molecular formula is C7H13N3O4S. The van der Waals surface area contributed by atoms with Crippen LogP contribution in [0.15, 0.2) is 4.40 Å². The Hall–Kier alpha value is -1.44. The molecule has 0 radical (unpaired) electrons. The highest BCUT2D eigenvalue weighted by atomic mass is 32.2.